The zero-order valence-corrected chi connectivity index (χ0v) is 17.1. The molecule has 1 saturated carbocycles. The van der Waals surface area contributed by atoms with Crippen molar-refractivity contribution in [3.05, 3.63) is 70.3 Å². The molecule has 2 aromatic rings. The molecule has 1 fully saturated rings. The number of ketones is 1. The maximum atomic E-state index is 13.5. The van der Waals surface area contributed by atoms with E-state index in [9.17, 15) is 14.0 Å². The number of hydrogen-bond acceptors (Lipinski definition) is 6. The standard InChI is InChI=1S/C22H20ClFN4O2/c1-13(30)18-19(17-3-2-10-26-21(17)23)22(25,12-29)28(11-14-4-5-14)27-20(18)15-6-8-16(24)9-7-15/h2-3,6-10,12,14H,4-5,11,25H2,1H3. The number of hydrogen-bond donors (Lipinski definition) is 1. The van der Waals surface area contributed by atoms with Crippen LogP contribution in [0.5, 0.6) is 0 Å². The van der Waals surface area contributed by atoms with E-state index in [1.807, 2.05) is 0 Å². The summed E-state index contributed by atoms with van der Waals surface area (Å²) in [7, 11) is 0. The molecule has 1 aliphatic heterocycles. The number of carbonyl (C=O) groups excluding carboxylic acids is 2. The molecule has 0 saturated heterocycles. The average molecular weight is 427 g/mol. The Morgan fingerprint density at radius 2 is 2.03 bits per heavy atom. The summed E-state index contributed by atoms with van der Waals surface area (Å²) in [5.74, 6) is -0.388. The lowest BCUT2D eigenvalue weighted by molar-refractivity contribution is -0.115. The summed E-state index contributed by atoms with van der Waals surface area (Å²) in [4.78, 5) is 29.3. The zero-order valence-electron chi connectivity index (χ0n) is 16.3. The number of hydrazone groups is 1. The van der Waals surface area contributed by atoms with Gasteiger partial charge in [0.15, 0.2) is 17.7 Å². The molecule has 1 aromatic heterocycles. The van der Waals surface area contributed by atoms with Crippen molar-refractivity contribution in [3.8, 4) is 0 Å². The van der Waals surface area contributed by atoms with E-state index in [2.05, 4.69) is 10.1 Å². The smallest absolute Gasteiger partial charge is 0.188 e. The highest BCUT2D eigenvalue weighted by Crippen LogP contribution is 2.41. The number of aldehydes is 1. The van der Waals surface area contributed by atoms with Crippen LogP contribution >= 0.6 is 11.6 Å². The van der Waals surface area contributed by atoms with E-state index >= 15 is 0 Å². The number of halogens is 2. The third-order valence-corrected chi connectivity index (χ3v) is 5.64. The van der Waals surface area contributed by atoms with Crippen LogP contribution in [0.3, 0.4) is 0 Å². The highest BCUT2D eigenvalue weighted by atomic mass is 35.5. The number of nitrogens with two attached hydrogens (primary N) is 1. The van der Waals surface area contributed by atoms with E-state index < -0.39 is 11.5 Å². The molecule has 4 rings (SSSR count). The average Bonchev–Trinajstić information content (AvgIpc) is 3.54. The summed E-state index contributed by atoms with van der Waals surface area (Å²) in [6.07, 6.45) is 4.12. The number of rotatable bonds is 6. The van der Waals surface area contributed by atoms with Crippen LogP contribution in [0, 0.1) is 11.7 Å². The van der Waals surface area contributed by atoms with Gasteiger partial charge in [0.05, 0.1) is 5.57 Å². The lowest BCUT2D eigenvalue weighted by Crippen LogP contribution is -2.59. The fraction of sp³-hybridized carbons (Fsp3) is 0.273. The predicted molar refractivity (Wildman–Crippen MR) is 112 cm³/mol. The fourth-order valence-electron chi connectivity index (χ4n) is 3.63. The van der Waals surface area contributed by atoms with Gasteiger partial charge in [-0.1, -0.05) is 11.6 Å². The van der Waals surface area contributed by atoms with Crippen LogP contribution in [0.25, 0.3) is 5.57 Å². The van der Waals surface area contributed by atoms with Crippen LogP contribution < -0.4 is 5.73 Å². The Balaban J connectivity index is 2.02. The predicted octanol–water partition coefficient (Wildman–Crippen LogP) is 3.20. The highest BCUT2D eigenvalue weighted by molar-refractivity contribution is 6.36. The molecule has 0 bridgehead atoms. The second kappa shape index (κ2) is 7.74. The molecule has 1 atom stereocenters. The molecule has 2 heterocycles. The van der Waals surface area contributed by atoms with Crippen LogP contribution in [0.2, 0.25) is 5.15 Å². The first-order valence-corrected chi connectivity index (χ1v) is 9.97. The summed E-state index contributed by atoms with van der Waals surface area (Å²) in [6.45, 7) is 1.83. The quantitative estimate of drug-likeness (QED) is 0.566. The number of Topliss-reactive ketones (excluding diaryl/α,β-unsaturated/α-hetero) is 1. The fourth-order valence-corrected chi connectivity index (χ4v) is 3.85. The first-order chi connectivity index (χ1) is 14.3. The van der Waals surface area contributed by atoms with Crippen LogP contribution in [0.1, 0.15) is 30.9 Å². The molecule has 30 heavy (non-hydrogen) atoms. The van der Waals surface area contributed by atoms with Crippen molar-refractivity contribution in [3.63, 3.8) is 0 Å². The maximum Gasteiger partial charge on any atom is 0.188 e. The van der Waals surface area contributed by atoms with Crippen molar-refractivity contribution in [1.29, 1.82) is 0 Å². The van der Waals surface area contributed by atoms with Crippen LogP contribution in [0.4, 0.5) is 4.39 Å². The van der Waals surface area contributed by atoms with Gasteiger partial charge in [-0.15, -0.1) is 0 Å². The van der Waals surface area contributed by atoms with Crippen molar-refractivity contribution >= 4 is 35.0 Å². The van der Waals surface area contributed by atoms with E-state index in [1.54, 1.807) is 24.3 Å². The van der Waals surface area contributed by atoms with Gasteiger partial charge in [-0.2, -0.15) is 5.10 Å². The number of benzene rings is 1. The topological polar surface area (TPSA) is 88.7 Å². The normalized spacial score (nSPS) is 21.5. The Labute approximate surface area is 178 Å². The molecular formula is C22H20ClFN4O2. The van der Waals surface area contributed by atoms with Gasteiger partial charge in [0.1, 0.15) is 16.7 Å². The Bertz CT molecular complexity index is 1080. The van der Waals surface area contributed by atoms with Gasteiger partial charge in [0, 0.05) is 29.4 Å². The molecule has 8 heteroatoms. The van der Waals surface area contributed by atoms with Gasteiger partial charge in [0.25, 0.3) is 0 Å². The molecule has 154 valence electrons. The van der Waals surface area contributed by atoms with Gasteiger partial charge in [-0.05, 0) is 62.1 Å². The number of pyridine rings is 1. The second-order valence-corrected chi connectivity index (χ2v) is 7.93. The van der Waals surface area contributed by atoms with Crippen LogP contribution in [0.15, 0.2) is 53.3 Å². The number of nitrogens with zero attached hydrogens (tertiary/aromatic N) is 3. The van der Waals surface area contributed by atoms with Gasteiger partial charge in [0.2, 0.25) is 0 Å². The van der Waals surface area contributed by atoms with Crippen molar-refractivity contribution in [2.45, 2.75) is 25.4 Å². The minimum atomic E-state index is -1.69. The van der Waals surface area contributed by atoms with Gasteiger partial charge in [-0.3, -0.25) is 20.3 Å². The Kier molecular flexibility index (Phi) is 5.26. The number of carbonyl (C=O) groups is 2. The molecule has 2 N–H and O–H groups in total. The summed E-state index contributed by atoms with van der Waals surface area (Å²) in [5.41, 5.74) is 6.57. The third kappa shape index (κ3) is 3.55. The highest BCUT2D eigenvalue weighted by Gasteiger charge is 2.46. The summed E-state index contributed by atoms with van der Waals surface area (Å²) in [5, 5.41) is 6.26. The van der Waals surface area contributed by atoms with Crippen molar-refractivity contribution in [2.75, 3.05) is 6.54 Å². The summed E-state index contributed by atoms with van der Waals surface area (Å²) >= 11 is 6.36. The molecule has 0 radical (unpaired) electrons. The molecule has 6 nitrogen and oxygen atoms in total. The maximum absolute atomic E-state index is 13.5. The Morgan fingerprint density at radius 3 is 2.60 bits per heavy atom. The summed E-state index contributed by atoms with van der Waals surface area (Å²) in [6, 6.07) is 9.00. The minimum Gasteiger partial charge on any atom is -0.299 e. The lowest BCUT2D eigenvalue weighted by Gasteiger charge is -2.41. The van der Waals surface area contributed by atoms with Gasteiger partial charge >= 0.3 is 0 Å². The molecule has 1 unspecified atom stereocenters. The number of allylic oxidation sites excluding steroid dienone is 1. The van der Waals surface area contributed by atoms with E-state index in [0.717, 1.165) is 12.8 Å². The number of aromatic nitrogens is 1. The van der Waals surface area contributed by atoms with E-state index in [1.165, 1.54) is 30.3 Å². The Morgan fingerprint density at radius 1 is 1.33 bits per heavy atom. The first kappa shape index (κ1) is 20.4. The molecule has 1 aliphatic carbocycles. The van der Waals surface area contributed by atoms with Crippen LogP contribution in [-0.2, 0) is 9.59 Å². The van der Waals surface area contributed by atoms with Crippen molar-refractivity contribution in [2.24, 2.45) is 16.8 Å². The molecule has 0 amide bonds. The first-order valence-electron chi connectivity index (χ1n) is 9.59. The molecular weight excluding hydrogens is 407 g/mol. The monoisotopic (exact) mass is 426 g/mol. The SMILES string of the molecule is CC(=O)C1=C(c2cccnc2Cl)C(N)(C=O)N(CC2CC2)N=C1c1ccc(F)cc1. The van der Waals surface area contributed by atoms with Crippen LogP contribution in [-0.4, -0.2) is 40.0 Å². The van der Waals surface area contributed by atoms with E-state index in [-0.39, 0.29) is 22.1 Å². The Hall–Kier alpha value is -2.90. The molecule has 0 spiro atoms. The zero-order chi connectivity index (χ0) is 21.5. The molecule has 2 aliphatic rings. The van der Waals surface area contributed by atoms with Gasteiger partial charge < -0.3 is 0 Å². The van der Waals surface area contributed by atoms with Gasteiger partial charge in [-0.25, -0.2) is 9.37 Å². The van der Waals surface area contributed by atoms with E-state index in [0.29, 0.717) is 35.6 Å². The molecule has 1 aromatic carbocycles. The second-order valence-electron chi connectivity index (χ2n) is 7.57. The van der Waals surface area contributed by atoms with E-state index in [4.69, 9.17) is 17.3 Å². The summed E-state index contributed by atoms with van der Waals surface area (Å²) < 4.78 is 13.5. The minimum absolute atomic E-state index is 0.120. The van der Waals surface area contributed by atoms with Crippen molar-refractivity contribution < 1.29 is 14.0 Å². The van der Waals surface area contributed by atoms with Crippen molar-refractivity contribution in [1.82, 2.24) is 9.99 Å². The lowest BCUT2D eigenvalue weighted by atomic mass is 9.83. The third-order valence-electron chi connectivity index (χ3n) is 5.34. The largest absolute Gasteiger partial charge is 0.299 e.